The summed E-state index contributed by atoms with van der Waals surface area (Å²) in [4.78, 5) is 22.2. The number of thiazole rings is 1. The van der Waals surface area contributed by atoms with Crippen molar-refractivity contribution < 1.29 is 13.6 Å². The van der Waals surface area contributed by atoms with Gasteiger partial charge in [-0.3, -0.25) is 4.79 Å². The van der Waals surface area contributed by atoms with Crippen LogP contribution in [0.5, 0.6) is 0 Å². The van der Waals surface area contributed by atoms with Crippen molar-refractivity contribution in [3.63, 3.8) is 0 Å². The lowest BCUT2D eigenvalue weighted by Gasteiger charge is -2.17. The van der Waals surface area contributed by atoms with Crippen molar-refractivity contribution in [2.45, 2.75) is 20.4 Å². The van der Waals surface area contributed by atoms with Gasteiger partial charge < -0.3 is 9.80 Å². The van der Waals surface area contributed by atoms with E-state index in [-0.39, 0.29) is 18.0 Å². The number of carbonyl (C=O) groups is 1. The summed E-state index contributed by atoms with van der Waals surface area (Å²) < 4.78 is 27.8. The van der Waals surface area contributed by atoms with Crippen LogP contribution in [0.4, 0.5) is 13.9 Å². The van der Waals surface area contributed by atoms with Gasteiger partial charge in [-0.15, -0.1) is 11.3 Å². The van der Waals surface area contributed by atoms with Gasteiger partial charge >= 0.3 is 0 Å². The van der Waals surface area contributed by atoms with Gasteiger partial charge in [-0.1, -0.05) is 17.4 Å². The standard InChI is InChI=1S/C18H19F2N3OS2/c1-4-23(5-2)18-21-16-14(26-18)9-15(25-16)17(24)22(3)10-11-6-7-12(19)8-13(11)20/h6-9H,4-5,10H2,1-3H3. The van der Waals surface area contributed by atoms with E-state index < -0.39 is 11.6 Å². The molecule has 1 amide bonds. The fraction of sp³-hybridized carbons (Fsp3) is 0.333. The van der Waals surface area contributed by atoms with Gasteiger partial charge in [0.05, 0.1) is 9.58 Å². The van der Waals surface area contributed by atoms with Crippen molar-refractivity contribution in [1.82, 2.24) is 9.88 Å². The Bertz CT molecular complexity index is 902. The normalized spacial score (nSPS) is 11.1. The first-order chi connectivity index (χ1) is 12.4. The second kappa shape index (κ2) is 7.67. The molecular weight excluding hydrogens is 376 g/mol. The molecule has 0 saturated carbocycles. The second-order valence-electron chi connectivity index (χ2n) is 5.85. The number of carbonyl (C=O) groups excluding carboxylic acids is 1. The maximum atomic E-state index is 13.8. The van der Waals surface area contributed by atoms with Crippen LogP contribution in [0.25, 0.3) is 9.53 Å². The molecule has 0 fully saturated rings. The van der Waals surface area contributed by atoms with Crippen molar-refractivity contribution >= 4 is 43.2 Å². The van der Waals surface area contributed by atoms with E-state index in [4.69, 9.17) is 0 Å². The smallest absolute Gasteiger partial charge is 0.264 e. The summed E-state index contributed by atoms with van der Waals surface area (Å²) >= 11 is 2.90. The van der Waals surface area contributed by atoms with E-state index in [1.807, 2.05) is 6.07 Å². The predicted octanol–water partition coefficient (Wildman–Crippen LogP) is 4.75. The number of aromatic nitrogens is 1. The monoisotopic (exact) mass is 395 g/mol. The lowest BCUT2D eigenvalue weighted by atomic mass is 10.2. The van der Waals surface area contributed by atoms with E-state index in [0.29, 0.717) is 4.88 Å². The summed E-state index contributed by atoms with van der Waals surface area (Å²) in [7, 11) is 1.60. The highest BCUT2D eigenvalue weighted by molar-refractivity contribution is 7.29. The molecule has 138 valence electrons. The van der Waals surface area contributed by atoms with E-state index in [1.165, 1.54) is 28.4 Å². The minimum Gasteiger partial charge on any atom is -0.349 e. The van der Waals surface area contributed by atoms with Crippen LogP contribution in [0.1, 0.15) is 29.1 Å². The third-order valence-electron chi connectivity index (χ3n) is 4.09. The third kappa shape index (κ3) is 3.71. The van der Waals surface area contributed by atoms with Gasteiger partial charge in [-0.05, 0) is 26.0 Å². The molecule has 0 spiro atoms. The molecule has 4 nitrogen and oxygen atoms in total. The van der Waals surface area contributed by atoms with Gasteiger partial charge in [0.1, 0.15) is 16.5 Å². The van der Waals surface area contributed by atoms with E-state index >= 15 is 0 Å². The predicted molar refractivity (Wildman–Crippen MR) is 103 cm³/mol. The maximum Gasteiger partial charge on any atom is 0.264 e. The fourth-order valence-corrected chi connectivity index (χ4v) is 4.96. The van der Waals surface area contributed by atoms with Gasteiger partial charge in [0.15, 0.2) is 5.13 Å². The van der Waals surface area contributed by atoms with Crippen LogP contribution < -0.4 is 4.90 Å². The number of thiophene rings is 1. The highest BCUT2D eigenvalue weighted by atomic mass is 32.1. The molecule has 3 rings (SSSR count). The summed E-state index contributed by atoms with van der Waals surface area (Å²) in [6.07, 6.45) is 0. The van der Waals surface area contributed by atoms with E-state index in [9.17, 15) is 13.6 Å². The molecule has 0 saturated heterocycles. The molecule has 0 atom stereocenters. The molecule has 0 aliphatic carbocycles. The zero-order valence-electron chi connectivity index (χ0n) is 14.8. The van der Waals surface area contributed by atoms with Crippen molar-refractivity contribution in [1.29, 1.82) is 0 Å². The quantitative estimate of drug-likeness (QED) is 0.604. The van der Waals surface area contributed by atoms with Gasteiger partial charge in [-0.25, -0.2) is 13.8 Å². The van der Waals surface area contributed by atoms with Gasteiger partial charge in [0.2, 0.25) is 0 Å². The Hall–Kier alpha value is -2.06. The number of rotatable bonds is 6. The molecule has 0 bridgehead atoms. The maximum absolute atomic E-state index is 13.8. The molecule has 8 heteroatoms. The first kappa shape index (κ1) is 18.7. The number of fused-ring (bicyclic) bond motifs is 1. The van der Waals surface area contributed by atoms with Crippen molar-refractivity contribution in [2.24, 2.45) is 0 Å². The van der Waals surface area contributed by atoms with Crippen molar-refractivity contribution in [3.05, 3.63) is 46.3 Å². The number of hydrogen-bond donors (Lipinski definition) is 0. The summed E-state index contributed by atoms with van der Waals surface area (Å²) in [5, 5.41) is 0.956. The van der Waals surface area contributed by atoms with Crippen LogP contribution >= 0.6 is 22.7 Å². The van der Waals surface area contributed by atoms with Crippen LogP contribution in [0.3, 0.4) is 0 Å². The van der Waals surface area contributed by atoms with Crippen molar-refractivity contribution in [3.8, 4) is 0 Å². The molecule has 0 radical (unpaired) electrons. The Kier molecular flexibility index (Phi) is 5.52. The molecule has 0 N–H and O–H groups in total. The number of benzene rings is 1. The minimum absolute atomic E-state index is 0.0780. The second-order valence-corrected chi connectivity index (χ2v) is 7.89. The van der Waals surface area contributed by atoms with Crippen LogP contribution in [0, 0.1) is 11.6 Å². The zero-order chi connectivity index (χ0) is 18.8. The Labute approximate surface area is 158 Å². The lowest BCUT2D eigenvalue weighted by Crippen LogP contribution is -2.25. The Morgan fingerprint density at radius 2 is 1.88 bits per heavy atom. The molecule has 1 aromatic carbocycles. The summed E-state index contributed by atoms with van der Waals surface area (Å²) in [5.74, 6) is -1.48. The number of amides is 1. The van der Waals surface area contributed by atoms with E-state index in [2.05, 4.69) is 23.7 Å². The summed E-state index contributed by atoms with van der Waals surface area (Å²) in [6.45, 7) is 6.01. The van der Waals surface area contributed by atoms with Crippen LogP contribution in [0.2, 0.25) is 0 Å². The molecular formula is C18H19F2N3OS2. The SMILES string of the molecule is CCN(CC)c1nc2sc(C(=O)N(C)Cc3ccc(F)cc3F)cc2s1. The van der Waals surface area contributed by atoms with Crippen LogP contribution in [-0.2, 0) is 6.54 Å². The molecule has 2 heterocycles. The largest absolute Gasteiger partial charge is 0.349 e. The van der Waals surface area contributed by atoms with Gasteiger partial charge in [-0.2, -0.15) is 0 Å². The number of nitrogens with zero attached hydrogens (tertiary/aromatic N) is 3. The highest BCUT2D eigenvalue weighted by Gasteiger charge is 2.19. The number of anilines is 1. The Balaban J connectivity index is 1.77. The van der Waals surface area contributed by atoms with Gasteiger partial charge in [0, 0.05) is 38.3 Å². The molecule has 3 aromatic rings. The topological polar surface area (TPSA) is 36.4 Å². The lowest BCUT2D eigenvalue weighted by molar-refractivity contribution is 0.0788. The zero-order valence-corrected chi connectivity index (χ0v) is 16.4. The van der Waals surface area contributed by atoms with Gasteiger partial charge in [0.25, 0.3) is 5.91 Å². The first-order valence-electron chi connectivity index (χ1n) is 8.27. The highest BCUT2D eigenvalue weighted by Crippen LogP contribution is 2.35. The van der Waals surface area contributed by atoms with Crippen LogP contribution in [-0.4, -0.2) is 35.9 Å². The summed E-state index contributed by atoms with van der Waals surface area (Å²) in [5.41, 5.74) is 0.280. The van der Waals surface area contributed by atoms with E-state index in [1.54, 1.807) is 18.4 Å². The third-order valence-corrected chi connectivity index (χ3v) is 6.30. The first-order valence-corrected chi connectivity index (χ1v) is 9.91. The Morgan fingerprint density at radius 1 is 1.15 bits per heavy atom. The molecule has 26 heavy (non-hydrogen) atoms. The van der Waals surface area contributed by atoms with E-state index in [0.717, 1.165) is 33.8 Å². The fourth-order valence-electron chi connectivity index (χ4n) is 2.62. The number of hydrogen-bond acceptors (Lipinski definition) is 5. The summed E-state index contributed by atoms with van der Waals surface area (Å²) in [6, 6.07) is 5.22. The number of halogens is 2. The molecule has 0 unspecified atom stereocenters. The Morgan fingerprint density at radius 3 is 2.50 bits per heavy atom. The van der Waals surface area contributed by atoms with Crippen molar-refractivity contribution in [2.75, 3.05) is 25.0 Å². The average molecular weight is 396 g/mol. The molecule has 2 aromatic heterocycles. The van der Waals surface area contributed by atoms with Crippen LogP contribution in [0.15, 0.2) is 24.3 Å². The molecule has 0 aliphatic heterocycles. The minimum atomic E-state index is -0.651. The molecule has 0 aliphatic rings. The average Bonchev–Trinajstić information content (AvgIpc) is 3.17.